The number of thiophene rings is 1. The Morgan fingerprint density at radius 1 is 1.16 bits per heavy atom. The van der Waals surface area contributed by atoms with Crippen LogP contribution in [0, 0.1) is 5.92 Å². The lowest BCUT2D eigenvalue weighted by Gasteiger charge is -2.20. The first-order valence-corrected chi connectivity index (χ1v) is 7.44. The van der Waals surface area contributed by atoms with Crippen LogP contribution in [0.5, 0.6) is 0 Å². The van der Waals surface area contributed by atoms with Crippen LogP contribution in [0.2, 0.25) is 0 Å². The van der Waals surface area contributed by atoms with Crippen molar-refractivity contribution >= 4 is 17.2 Å². The Balaban J connectivity index is 2.13. The molecule has 0 bridgehead atoms. The van der Waals surface area contributed by atoms with E-state index >= 15 is 0 Å². The number of carbonyl (C=O) groups excluding carboxylic acids is 1. The molecule has 2 rings (SSSR count). The molecule has 1 aromatic heterocycles. The van der Waals surface area contributed by atoms with Crippen LogP contribution in [-0.2, 0) is 0 Å². The SMILES string of the molecule is CC(C)CC(NC(=O)c1cccs1)c1ccccc1. The summed E-state index contributed by atoms with van der Waals surface area (Å²) in [6.07, 6.45) is 0.946. The van der Waals surface area contributed by atoms with Gasteiger partial charge in [0.25, 0.3) is 5.91 Å². The Kier molecular flexibility index (Phi) is 4.74. The van der Waals surface area contributed by atoms with Gasteiger partial charge in [0.2, 0.25) is 0 Å². The number of rotatable bonds is 5. The van der Waals surface area contributed by atoms with Gasteiger partial charge in [0.05, 0.1) is 10.9 Å². The maximum Gasteiger partial charge on any atom is 0.261 e. The minimum atomic E-state index is 0.0181. The standard InChI is InChI=1S/C16H19NOS/c1-12(2)11-14(13-7-4-3-5-8-13)17-16(18)15-9-6-10-19-15/h3-10,12,14H,11H2,1-2H3,(H,17,18). The Morgan fingerprint density at radius 2 is 1.89 bits per heavy atom. The van der Waals surface area contributed by atoms with Crippen molar-refractivity contribution in [1.82, 2.24) is 5.32 Å². The Labute approximate surface area is 118 Å². The van der Waals surface area contributed by atoms with E-state index in [0.717, 1.165) is 11.3 Å². The molecule has 1 heterocycles. The zero-order valence-electron chi connectivity index (χ0n) is 11.3. The fourth-order valence-corrected chi connectivity index (χ4v) is 2.70. The molecule has 1 N–H and O–H groups in total. The smallest absolute Gasteiger partial charge is 0.261 e. The van der Waals surface area contributed by atoms with E-state index in [4.69, 9.17) is 0 Å². The average molecular weight is 273 g/mol. The molecule has 1 unspecified atom stereocenters. The summed E-state index contributed by atoms with van der Waals surface area (Å²) in [5, 5.41) is 5.06. The number of carbonyl (C=O) groups is 1. The van der Waals surface area contributed by atoms with E-state index < -0.39 is 0 Å². The number of hydrogen-bond donors (Lipinski definition) is 1. The fourth-order valence-electron chi connectivity index (χ4n) is 2.07. The van der Waals surface area contributed by atoms with E-state index in [9.17, 15) is 4.79 Å². The normalized spacial score (nSPS) is 12.4. The van der Waals surface area contributed by atoms with Crippen LogP contribution in [0.4, 0.5) is 0 Å². The van der Waals surface area contributed by atoms with Crippen LogP contribution >= 0.6 is 11.3 Å². The molecule has 2 aromatic rings. The first-order valence-electron chi connectivity index (χ1n) is 6.56. The van der Waals surface area contributed by atoms with Gasteiger partial charge in [-0.2, -0.15) is 0 Å². The topological polar surface area (TPSA) is 29.1 Å². The third-order valence-corrected chi connectivity index (χ3v) is 3.83. The lowest BCUT2D eigenvalue weighted by molar-refractivity contribution is 0.0936. The van der Waals surface area contributed by atoms with Crippen molar-refractivity contribution in [1.29, 1.82) is 0 Å². The van der Waals surface area contributed by atoms with E-state index in [1.165, 1.54) is 16.9 Å². The summed E-state index contributed by atoms with van der Waals surface area (Å²) in [7, 11) is 0. The molecule has 0 aliphatic carbocycles. The van der Waals surface area contributed by atoms with Crippen molar-refractivity contribution in [2.45, 2.75) is 26.3 Å². The molecule has 0 saturated carbocycles. The first kappa shape index (κ1) is 13.8. The van der Waals surface area contributed by atoms with Crippen LogP contribution < -0.4 is 5.32 Å². The summed E-state index contributed by atoms with van der Waals surface area (Å²) in [6.45, 7) is 4.35. The molecule has 2 nitrogen and oxygen atoms in total. The molecular formula is C16H19NOS. The minimum absolute atomic E-state index is 0.0181. The Morgan fingerprint density at radius 3 is 2.47 bits per heavy atom. The van der Waals surface area contributed by atoms with Gasteiger partial charge >= 0.3 is 0 Å². The largest absolute Gasteiger partial charge is 0.345 e. The van der Waals surface area contributed by atoms with Gasteiger partial charge in [0, 0.05) is 0 Å². The highest BCUT2D eigenvalue weighted by Crippen LogP contribution is 2.22. The lowest BCUT2D eigenvalue weighted by Crippen LogP contribution is -2.28. The molecule has 19 heavy (non-hydrogen) atoms. The number of hydrogen-bond acceptors (Lipinski definition) is 2. The zero-order valence-corrected chi connectivity index (χ0v) is 12.1. The van der Waals surface area contributed by atoms with Crippen LogP contribution in [0.3, 0.4) is 0 Å². The average Bonchev–Trinajstić information content (AvgIpc) is 2.92. The van der Waals surface area contributed by atoms with E-state index in [0.29, 0.717) is 5.92 Å². The molecule has 0 saturated heterocycles. The van der Waals surface area contributed by atoms with Gasteiger partial charge in [0.1, 0.15) is 0 Å². The number of benzene rings is 1. The highest BCUT2D eigenvalue weighted by Gasteiger charge is 2.17. The van der Waals surface area contributed by atoms with Crippen molar-refractivity contribution in [2.75, 3.05) is 0 Å². The monoisotopic (exact) mass is 273 g/mol. The van der Waals surface area contributed by atoms with Gasteiger partial charge in [-0.25, -0.2) is 0 Å². The van der Waals surface area contributed by atoms with E-state index in [1.807, 2.05) is 35.7 Å². The zero-order chi connectivity index (χ0) is 13.7. The fraction of sp³-hybridized carbons (Fsp3) is 0.312. The van der Waals surface area contributed by atoms with Gasteiger partial charge in [-0.1, -0.05) is 50.2 Å². The molecule has 0 aliphatic rings. The molecule has 1 atom stereocenters. The molecule has 0 fully saturated rings. The van der Waals surface area contributed by atoms with Gasteiger partial charge in [-0.15, -0.1) is 11.3 Å². The summed E-state index contributed by atoms with van der Waals surface area (Å²) in [6, 6.07) is 14.0. The minimum Gasteiger partial charge on any atom is -0.345 e. The second-order valence-electron chi connectivity index (χ2n) is 5.04. The van der Waals surface area contributed by atoms with Crippen LogP contribution in [0.15, 0.2) is 47.8 Å². The summed E-state index contributed by atoms with van der Waals surface area (Å²) in [5.41, 5.74) is 1.17. The van der Waals surface area contributed by atoms with Gasteiger partial charge in [-0.3, -0.25) is 4.79 Å². The van der Waals surface area contributed by atoms with E-state index in [2.05, 4.69) is 31.3 Å². The van der Waals surface area contributed by atoms with Gasteiger partial charge in [0.15, 0.2) is 0 Å². The summed E-state index contributed by atoms with van der Waals surface area (Å²) in [5.74, 6) is 0.554. The van der Waals surface area contributed by atoms with E-state index in [-0.39, 0.29) is 11.9 Å². The molecule has 100 valence electrons. The summed E-state index contributed by atoms with van der Waals surface area (Å²) < 4.78 is 0. The van der Waals surface area contributed by atoms with Crippen molar-refractivity contribution in [2.24, 2.45) is 5.92 Å². The second kappa shape index (κ2) is 6.53. The Bertz CT molecular complexity index is 505. The second-order valence-corrected chi connectivity index (χ2v) is 5.99. The number of nitrogens with one attached hydrogen (secondary N) is 1. The third-order valence-electron chi connectivity index (χ3n) is 2.96. The highest BCUT2D eigenvalue weighted by atomic mass is 32.1. The third kappa shape index (κ3) is 3.93. The van der Waals surface area contributed by atoms with Crippen LogP contribution in [-0.4, -0.2) is 5.91 Å². The van der Waals surface area contributed by atoms with Crippen molar-refractivity contribution in [3.05, 3.63) is 58.3 Å². The molecule has 0 radical (unpaired) electrons. The number of amides is 1. The van der Waals surface area contributed by atoms with Crippen LogP contribution in [0.1, 0.15) is 41.5 Å². The molecular weight excluding hydrogens is 254 g/mol. The van der Waals surface area contributed by atoms with Crippen molar-refractivity contribution in [3.63, 3.8) is 0 Å². The van der Waals surface area contributed by atoms with Crippen molar-refractivity contribution in [3.8, 4) is 0 Å². The quantitative estimate of drug-likeness (QED) is 0.866. The summed E-state index contributed by atoms with van der Waals surface area (Å²) >= 11 is 1.48. The summed E-state index contributed by atoms with van der Waals surface area (Å²) in [4.78, 5) is 12.9. The Hall–Kier alpha value is -1.61. The lowest BCUT2D eigenvalue weighted by atomic mass is 9.97. The predicted molar refractivity (Wildman–Crippen MR) is 80.4 cm³/mol. The maximum absolute atomic E-state index is 12.2. The molecule has 0 aliphatic heterocycles. The van der Waals surface area contributed by atoms with Crippen molar-refractivity contribution < 1.29 is 4.79 Å². The molecule has 1 aromatic carbocycles. The predicted octanol–water partition coefficient (Wildman–Crippen LogP) is 4.27. The highest BCUT2D eigenvalue weighted by molar-refractivity contribution is 7.12. The van der Waals surface area contributed by atoms with Gasteiger partial charge in [-0.05, 0) is 29.3 Å². The molecule has 1 amide bonds. The van der Waals surface area contributed by atoms with Gasteiger partial charge < -0.3 is 5.32 Å². The maximum atomic E-state index is 12.2. The molecule has 0 spiro atoms. The van der Waals surface area contributed by atoms with E-state index in [1.54, 1.807) is 0 Å². The van der Waals surface area contributed by atoms with Crippen LogP contribution in [0.25, 0.3) is 0 Å². The first-order chi connectivity index (χ1) is 9.16. The molecule has 3 heteroatoms.